The van der Waals surface area contributed by atoms with E-state index in [1.807, 2.05) is 12.2 Å². The molecule has 0 spiro atoms. The minimum atomic E-state index is -0.770. The molecule has 0 heterocycles. The summed E-state index contributed by atoms with van der Waals surface area (Å²) in [6, 6.07) is 0. The summed E-state index contributed by atoms with van der Waals surface area (Å²) < 4.78 is 0. The van der Waals surface area contributed by atoms with Crippen LogP contribution in [0.4, 0.5) is 0 Å². The minimum absolute atomic E-state index is 0.0543. The minimum Gasteiger partial charge on any atom is -0.385 e. The van der Waals surface area contributed by atoms with Gasteiger partial charge in [0.05, 0.1) is 5.60 Å². The van der Waals surface area contributed by atoms with Crippen LogP contribution in [0.15, 0.2) is 23.3 Å². The SMILES string of the molecule is CC(C)(C)C1=C(CN)C=CC(O)(C(C)(C)C)C1. The van der Waals surface area contributed by atoms with Crippen molar-refractivity contribution in [3.63, 3.8) is 0 Å². The van der Waals surface area contributed by atoms with E-state index in [1.54, 1.807) is 0 Å². The molecule has 1 unspecified atom stereocenters. The Hall–Kier alpha value is -0.600. The molecule has 1 rings (SSSR count). The topological polar surface area (TPSA) is 46.2 Å². The third kappa shape index (κ3) is 2.80. The first kappa shape index (κ1) is 14.5. The van der Waals surface area contributed by atoms with Gasteiger partial charge in [0, 0.05) is 13.0 Å². The van der Waals surface area contributed by atoms with E-state index >= 15 is 0 Å². The Labute approximate surface area is 106 Å². The van der Waals surface area contributed by atoms with E-state index in [-0.39, 0.29) is 10.8 Å². The Balaban J connectivity index is 3.19. The van der Waals surface area contributed by atoms with Crippen LogP contribution in [-0.4, -0.2) is 17.3 Å². The van der Waals surface area contributed by atoms with E-state index in [2.05, 4.69) is 41.5 Å². The van der Waals surface area contributed by atoms with E-state index in [1.165, 1.54) is 11.1 Å². The molecule has 1 aliphatic carbocycles. The lowest BCUT2D eigenvalue weighted by Gasteiger charge is -2.43. The first-order valence-corrected chi connectivity index (χ1v) is 6.35. The molecule has 98 valence electrons. The maximum absolute atomic E-state index is 10.8. The lowest BCUT2D eigenvalue weighted by atomic mass is 9.66. The van der Waals surface area contributed by atoms with Gasteiger partial charge in [0.15, 0.2) is 0 Å². The molecule has 17 heavy (non-hydrogen) atoms. The number of nitrogens with two attached hydrogens (primary N) is 1. The summed E-state index contributed by atoms with van der Waals surface area (Å²) >= 11 is 0. The number of hydrogen-bond acceptors (Lipinski definition) is 2. The third-order valence-corrected chi connectivity index (χ3v) is 3.82. The van der Waals surface area contributed by atoms with Gasteiger partial charge in [-0.3, -0.25) is 0 Å². The first-order chi connectivity index (χ1) is 7.51. The largest absolute Gasteiger partial charge is 0.385 e. The molecule has 0 fully saturated rings. The highest BCUT2D eigenvalue weighted by molar-refractivity contribution is 5.38. The van der Waals surface area contributed by atoms with Gasteiger partial charge in [0.25, 0.3) is 0 Å². The normalized spacial score (nSPS) is 26.6. The van der Waals surface area contributed by atoms with Crippen molar-refractivity contribution >= 4 is 0 Å². The van der Waals surface area contributed by atoms with Crippen LogP contribution in [0.1, 0.15) is 48.0 Å². The number of aliphatic hydroxyl groups is 1. The Morgan fingerprint density at radius 3 is 2.12 bits per heavy atom. The van der Waals surface area contributed by atoms with Gasteiger partial charge in [-0.15, -0.1) is 0 Å². The zero-order valence-electron chi connectivity index (χ0n) is 12.1. The molecule has 0 bridgehead atoms. The summed E-state index contributed by atoms with van der Waals surface area (Å²) in [6.45, 7) is 13.3. The molecule has 0 amide bonds. The second-order valence-electron chi connectivity index (χ2n) is 7.14. The lowest BCUT2D eigenvalue weighted by Crippen LogP contribution is -2.44. The first-order valence-electron chi connectivity index (χ1n) is 6.35. The van der Waals surface area contributed by atoms with E-state index in [9.17, 15) is 5.11 Å². The van der Waals surface area contributed by atoms with Crippen molar-refractivity contribution in [1.82, 2.24) is 0 Å². The molecule has 0 aromatic rings. The van der Waals surface area contributed by atoms with Gasteiger partial charge in [0.1, 0.15) is 0 Å². The van der Waals surface area contributed by atoms with E-state index in [0.29, 0.717) is 13.0 Å². The van der Waals surface area contributed by atoms with Crippen LogP contribution in [0, 0.1) is 10.8 Å². The summed E-state index contributed by atoms with van der Waals surface area (Å²) in [6.07, 6.45) is 4.61. The van der Waals surface area contributed by atoms with Gasteiger partial charge >= 0.3 is 0 Å². The molecule has 0 aromatic carbocycles. The van der Waals surface area contributed by atoms with Crippen LogP contribution in [0.25, 0.3) is 0 Å². The highest BCUT2D eigenvalue weighted by Crippen LogP contribution is 2.45. The van der Waals surface area contributed by atoms with Crippen molar-refractivity contribution < 1.29 is 5.11 Å². The summed E-state index contributed by atoms with van der Waals surface area (Å²) in [7, 11) is 0. The molecular weight excluding hydrogens is 210 g/mol. The zero-order chi connectivity index (χ0) is 13.5. The van der Waals surface area contributed by atoms with Crippen molar-refractivity contribution in [2.75, 3.05) is 6.54 Å². The summed E-state index contributed by atoms with van der Waals surface area (Å²) in [5.74, 6) is 0. The number of hydrogen-bond donors (Lipinski definition) is 2. The summed E-state index contributed by atoms with van der Waals surface area (Å²) in [4.78, 5) is 0. The Morgan fingerprint density at radius 1 is 1.24 bits per heavy atom. The van der Waals surface area contributed by atoms with E-state index in [4.69, 9.17) is 5.73 Å². The van der Waals surface area contributed by atoms with Crippen LogP contribution in [0.3, 0.4) is 0 Å². The monoisotopic (exact) mass is 237 g/mol. The quantitative estimate of drug-likeness (QED) is 0.736. The van der Waals surface area contributed by atoms with E-state index in [0.717, 1.165) is 0 Å². The highest BCUT2D eigenvalue weighted by atomic mass is 16.3. The van der Waals surface area contributed by atoms with Crippen LogP contribution >= 0.6 is 0 Å². The van der Waals surface area contributed by atoms with Crippen molar-refractivity contribution in [3.8, 4) is 0 Å². The second-order valence-corrected chi connectivity index (χ2v) is 7.14. The van der Waals surface area contributed by atoms with Gasteiger partial charge in [0.2, 0.25) is 0 Å². The van der Waals surface area contributed by atoms with Crippen molar-refractivity contribution in [2.45, 2.75) is 53.6 Å². The second kappa shape index (κ2) is 4.25. The third-order valence-electron chi connectivity index (χ3n) is 3.82. The molecule has 0 radical (unpaired) electrons. The zero-order valence-corrected chi connectivity index (χ0v) is 12.1. The Kier molecular flexibility index (Phi) is 3.62. The van der Waals surface area contributed by atoms with Gasteiger partial charge < -0.3 is 10.8 Å². The predicted molar refractivity (Wildman–Crippen MR) is 73.7 cm³/mol. The Morgan fingerprint density at radius 2 is 1.76 bits per heavy atom. The molecule has 0 aromatic heterocycles. The fraction of sp³-hybridized carbons (Fsp3) is 0.733. The number of rotatable bonds is 1. The molecular formula is C15H27NO. The average molecular weight is 237 g/mol. The van der Waals surface area contributed by atoms with Crippen molar-refractivity contribution in [2.24, 2.45) is 16.6 Å². The summed E-state index contributed by atoms with van der Waals surface area (Å²) in [5, 5.41) is 10.8. The predicted octanol–water partition coefficient (Wildman–Crippen LogP) is 3.02. The standard InChI is InChI=1S/C15H27NO/c1-13(2,3)12-9-15(17,14(4,5)6)8-7-11(12)10-16/h7-8,17H,9-10,16H2,1-6H3. The molecule has 2 heteroatoms. The van der Waals surface area contributed by atoms with Gasteiger partial charge in [-0.2, -0.15) is 0 Å². The van der Waals surface area contributed by atoms with Crippen molar-refractivity contribution in [3.05, 3.63) is 23.3 Å². The molecule has 0 saturated heterocycles. The van der Waals surface area contributed by atoms with Crippen LogP contribution in [0.5, 0.6) is 0 Å². The fourth-order valence-electron chi connectivity index (χ4n) is 2.23. The molecule has 1 atom stereocenters. The van der Waals surface area contributed by atoms with Gasteiger partial charge in [-0.05, 0) is 16.4 Å². The molecule has 2 nitrogen and oxygen atoms in total. The van der Waals surface area contributed by atoms with Crippen LogP contribution in [-0.2, 0) is 0 Å². The molecule has 3 N–H and O–H groups in total. The van der Waals surface area contributed by atoms with Crippen molar-refractivity contribution in [1.29, 1.82) is 0 Å². The molecule has 0 saturated carbocycles. The maximum Gasteiger partial charge on any atom is 0.0916 e. The molecule has 0 aliphatic heterocycles. The van der Waals surface area contributed by atoms with E-state index < -0.39 is 5.60 Å². The highest BCUT2D eigenvalue weighted by Gasteiger charge is 2.42. The summed E-state index contributed by atoms with van der Waals surface area (Å²) in [5.41, 5.74) is 7.37. The average Bonchev–Trinajstić information content (AvgIpc) is 2.14. The maximum atomic E-state index is 10.8. The fourth-order valence-corrected chi connectivity index (χ4v) is 2.23. The van der Waals surface area contributed by atoms with Crippen LogP contribution < -0.4 is 5.73 Å². The lowest BCUT2D eigenvalue weighted by molar-refractivity contribution is -0.0178. The molecule has 1 aliphatic rings. The Bertz CT molecular complexity index is 352. The smallest absolute Gasteiger partial charge is 0.0916 e. The van der Waals surface area contributed by atoms with Crippen LogP contribution in [0.2, 0.25) is 0 Å². The van der Waals surface area contributed by atoms with Gasteiger partial charge in [-0.1, -0.05) is 59.3 Å². The van der Waals surface area contributed by atoms with Gasteiger partial charge in [-0.25, -0.2) is 0 Å².